The van der Waals surface area contributed by atoms with E-state index < -0.39 is 0 Å². The fourth-order valence-corrected chi connectivity index (χ4v) is 1.54. The smallest absolute Gasteiger partial charge is 0.0233 e. The number of rotatable bonds is 4. The number of hydrogen-bond acceptors (Lipinski definition) is 1. The van der Waals surface area contributed by atoms with Crippen LogP contribution in [0.5, 0.6) is 0 Å². The third-order valence-electron chi connectivity index (χ3n) is 2.14. The summed E-state index contributed by atoms with van der Waals surface area (Å²) < 4.78 is 0. The van der Waals surface area contributed by atoms with E-state index in [9.17, 15) is 0 Å². The summed E-state index contributed by atoms with van der Waals surface area (Å²) in [7, 11) is 4.13. The van der Waals surface area contributed by atoms with Crippen molar-refractivity contribution in [1.29, 1.82) is 0 Å². The molecule has 16 heavy (non-hydrogen) atoms. The molecule has 1 heteroatoms. The molecule has 0 bridgehead atoms. The van der Waals surface area contributed by atoms with Crippen molar-refractivity contribution < 1.29 is 0 Å². The van der Waals surface area contributed by atoms with Crippen molar-refractivity contribution in [2.75, 3.05) is 14.1 Å². The van der Waals surface area contributed by atoms with Gasteiger partial charge in [-0.15, -0.1) is 0 Å². The third-order valence-corrected chi connectivity index (χ3v) is 2.14. The Hall–Kier alpha value is -1.34. The first-order valence-corrected chi connectivity index (χ1v) is 5.70. The summed E-state index contributed by atoms with van der Waals surface area (Å²) in [6.45, 7) is 12.6. The van der Waals surface area contributed by atoms with E-state index in [0.717, 1.165) is 12.1 Å². The zero-order valence-electron chi connectivity index (χ0n) is 11.0. The first-order valence-electron chi connectivity index (χ1n) is 5.70. The molecule has 0 unspecified atom stereocenters. The maximum atomic E-state index is 3.84. The van der Waals surface area contributed by atoms with Gasteiger partial charge in [-0.1, -0.05) is 57.4 Å². The third kappa shape index (κ3) is 4.03. The second-order valence-corrected chi connectivity index (χ2v) is 3.57. The molecule has 0 spiro atoms. The Morgan fingerprint density at radius 2 is 1.75 bits per heavy atom. The molecule has 0 amide bonds. The van der Waals surface area contributed by atoms with Gasteiger partial charge >= 0.3 is 0 Å². The van der Waals surface area contributed by atoms with E-state index in [-0.39, 0.29) is 0 Å². The highest BCUT2D eigenvalue weighted by atomic mass is 15.0. The van der Waals surface area contributed by atoms with Crippen LogP contribution in [0.3, 0.4) is 0 Å². The summed E-state index contributed by atoms with van der Waals surface area (Å²) in [6.07, 6.45) is 3.77. The van der Waals surface area contributed by atoms with Gasteiger partial charge in [0, 0.05) is 6.54 Å². The molecule has 1 rings (SSSR count). The minimum absolute atomic E-state index is 0.934. The van der Waals surface area contributed by atoms with Gasteiger partial charge in [-0.05, 0) is 30.8 Å². The van der Waals surface area contributed by atoms with E-state index in [4.69, 9.17) is 0 Å². The quantitative estimate of drug-likeness (QED) is 0.735. The van der Waals surface area contributed by atoms with E-state index in [1.54, 1.807) is 0 Å². The van der Waals surface area contributed by atoms with Crippen LogP contribution in [0.25, 0.3) is 12.2 Å². The number of nitrogens with zero attached hydrogens (tertiary/aromatic N) is 1. The van der Waals surface area contributed by atoms with Crippen LogP contribution in [0.2, 0.25) is 0 Å². The van der Waals surface area contributed by atoms with Gasteiger partial charge in [-0.3, -0.25) is 0 Å². The summed E-state index contributed by atoms with van der Waals surface area (Å²) >= 11 is 0. The maximum absolute atomic E-state index is 3.84. The highest BCUT2D eigenvalue weighted by Gasteiger charge is 2.03. The van der Waals surface area contributed by atoms with Gasteiger partial charge in [0.1, 0.15) is 0 Å². The predicted octanol–water partition coefficient (Wildman–Crippen LogP) is 4.06. The molecule has 0 aliphatic rings. The van der Waals surface area contributed by atoms with Gasteiger partial charge in [0.25, 0.3) is 0 Å². The van der Waals surface area contributed by atoms with Crippen LogP contribution in [0, 0.1) is 0 Å². The molecule has 0 atom stereocenters. The molecule has 1 aromatic rings. The topological polar surface area (TPSA) is 3.24 Å². The zero-order valence-corrected chi connectivity index (χ0v) is 11.0. The van der Waals surface area contributed by atoms with Crippen molar-refractivity contribution in [3.05, 3.63) is 48.0 Å². The molecule has 0 fully saturated rings. The fraction of sp³-hybridized carbons (Fsp3) is 0.333. The van der Waals surface area contributed by atoms with Gasteiger partial charge in [0.2, 0.25) is 0 Å². The van der Waals surface area contributed by atoms with E-state index in [2.05, 4.69) is 50.4 Å². The first-order chi connectivity index (χ1) is 7.69. The Bertz CT molecular complexity index is 337. The van der Waals surface area contributed by atoms with Crippen molar-refractivity contribution in [3.63, 3.8) is 0 Å². The lowest BCUT2D eigenvalue weighted by Gasteiger charge is -2.13. The Morgan fingerprint density at radius 3 is 2.19 bits per heavy atom. The normalized spacial score (nSPS) is 9.31. The van der Waals surface area contributed by atoms with Crippen LogP contribution < -0.4 is 0 Å². The highest BCUT2D eigenvalue weighted by Crippen LogP contribution is 2.18. The summed E-state index contributed by atoms with van der Waals surface area (Å²) in [5.74, 6) is 0. The second kappa shape index (κ2) is 7.89. The number of hydrogen-bond donors (Lipinski definition) is 0. The molecule has 0 radical (unpaired) electrons. The largest absolute Gasteiger partial charge is 0.305 e. The van der Waals surface area contributed by atoms with Crippen molar-refractivity contribution in [2.24, 2.45) is 0 Å². The van der Waals surface area contributed by atoms with Crippen molar-refractivity contribution in [3.8, 4) is 0 Å². The van der Waals surface area contributed by atoms with Gasteiger partial charge < -0.3 is 4.90 Å². The average Bonchev–Trinajstić information content (AvgIpc) is 2.30. The Labute approximate surface area is 100 Å². The predicted molar refractivity (Wildman–Crippen MR) is 75.4 cm³/mol. The molecule has 88 valence electrons. The Balaban J connectivity index is 0.00000106. The van der Waals surface area contributed by atoms with Gasteiger partial charge in [-0.2, -0.15) is 0 Å². The fourth-order valence-electron chi connectivity index (χ4n) is 1.54. The maximum Gasteiger partial charge on any atom is 0.0233 e. The lowest BCUT2D eigenvalue weighted by Crippen LogP contribution is -2.11. The molecular formula is C15H23N. The Kier molecular flexibility index (Phi) is 7.23. The standard InChI is InChI=1S/C13H17N.C2H6/c1-5-11-8-7-9-12(10-14(3)4)13(11)6-2;1-2/h5-9H,1-2,10H2,3-4H3;1-2H3. The summed E-state index contributed by atoms with van der Waals surface area (Å²) in [4.78, 5) is 2.15. The van der Waals surface area contributed by atoms with E-state index in [1.165, 1.54) is 11.1 Å². The van der Waals surface area contributed by atoms with E-state index in [1.807, 2.05) is 26.0 Å². The van der Waals surface area contributed by atoms with E-state index >= 15 is 0 Å². The minimum atomic E-state index is 0.934. The molecule has 0 aromatic heterocycles. The molecular weight excluding hydrogens is 194 g/mol. The van der Waals surface area contributed by atoms with Gasteiger partial charge in [0.05, 0.1) is 0 Å². The molecule has 0 N–H and O–H groups in total. The van der Waals surface area contributed by atoms with Gasteiger partial charge in [0.15, 0.2) is 0 Å². The lowest BCUT2D eigenvalue weighted by molar-refractivity contribution is 0.402. The van der Waals surface area contributed by atoms with Crippen molar-refractivity contribution >= 4 is 12.2 Å². The number of benzene rings is 1. The molecule has 1 aromatic carbocycles. The van der Waals surface area contributed by atoms with Crippen LogP contribution in [0.4, 0.5) is 0 Å². The molecule has 0 heterocycles. The van der Waals surface area contributed by atoms with Crippen LogP contribution in [-0.4, -0.2) is 19.0 Å². The van der Waals surface area contributed by atoms with Crippen molar-refractivity contribution in [2.45, 2.75) is 20.4 Å². The molecule has 0 saturated carbocycles. The molecule has 0 aliphatic carbocycles. The highest BCUT2D eigenvalue weighted by molar-refractivity contribution is 5.66. The van der Waals surface area contributed by atoms with E-state index in [0.29, 0.717) is 0 Å². The van der Waals surface area contributed by atoms with Crippen LogP contribution in [0.1, 0.15) is 30.5 Å². The summed E-state index contributed by atoms with van der Waals surface area (Å²) in [5, 5.41) is 0. The molecule has 1 nitrogen and oxygen atoms in total. The van der Waals surface area contributed by atoms with Crippen molar-refractivity contribution in [1.82, 2.24) is 4.90 Å². The zero-order chi connectivity index (χ0) is 12.6. The minimum Gasteiger partial charge on any atom is -0.305 e. The molecule has 0 aliphatic heterocycles. The van der Waals surface area contributed by atoms with Gasteiger partial charge in [-0.25, -0.2) is 0 Å². The Morgan fingerprint density at radius 1 is 1.12 bits per heavy atom. The average molecular weight is 217 g/mol. The first kappa shape index (κ1) is 14.7. The van der Waals surface area contributed by atoms with Crippen LogP contribution in [0.15, 0.2) is 31.4 Å². The summed E-state index contributed by atoms with van der Waals surface area (Å²) in [5.41, 5.74) is 3.64. The van der Waals surface area contributed by atoms with Crippen LogP contribution >= 0.6 is 0 Å². The van der Waals surface area contributed by atoms with Crippen LogP contribution in [-0.2, 0) is 6.54 Å². The monoisotopic (exact) mass is 217 g/mol. The second-order valence-electron chi connectivity index (χ2n) is 3.57. The lowest BCUT2D eigenvalue weighted by atomic mass is 10.0. The summed E-state index contributed by atoms with van der Waals surface area (Å²) in [6, 6.07) is 6.25. The molecule has 0 saturated heterocycles. The SMILES string of the molecule is C=Cc1cccc(CN(C)C)c1C=C.CC.